The molecule has 0 aliphatic carbocycles. The quantitative estimate of drug-likeness (QED) is 0.887. The van der Waals surface area contributed by atoms with E-state index in [9.17, 15) is 9.90 Å². The molecule has 0 bridgehead atoms. The van der Waals surface area contributed by atoms with Gasteiger partial charge in [-0.1, -0.05) is 13.0 Å². The van der Waals surface area contributed by atoms with Crippen molar-refractivity contribution in [2.45, 2.75) is 45.2 Å². The van der Waals surface area contributed by atoms with Gasteiger partial charge in [-0.3, -0.25) is 14.7 Å². The van der Waals surface area contributed by atoms with Crippen molar-refractivity contribution in [2.24, 2.45) is 0 Å². The number of aromatic nitrogens is 1. The van der Waals surface area contributed by atoms with Gasteiger partial charge in [-0.2, -0.15) is 0 Å². The van der Waals surface area contributed by atoms with Gasteiger partial charge in [-0.15, -0.1) is 0 Å². The zero-order valence-corrected chi connectivity index (χ0v) is 11.0. The van der Waals surface area contributed by atoms with Crippen LogP contribution in [-0.4, -0.2) is 33.0 Å². The van der Waals surface area contributed by atoms with Crippen molar-refractivity contribution in [3.63, 3.8) is 0 Å². The van der Waals surface area contributed by atoms with E-state index in [1.807, 2.05) is 32.2 Å². The topological polar surface area (TPSA) is 53.4 Å². The minimum atomic E-state index is -0.699. The number of carbonyl (C=O) groups is 1. The summed E-state index contributed by atoms with van der Waals surface area (Å²) in [4.78, 5) is 18.0. The van der Waals surface area contributed by atoms with Crippen LogP contribution < -0.4 is 0 Å². The highest BCUT2D eigenvalue weighted by Crippen LogP contribution is 2.33. The molecule has 1 aromatic rings. The number of pyridine rings is 1. The van der Waals surface area contributed by atoms with Crippen molar-refractivity contribution in [2.75, 3.05) is 6.54 Å². The zero-order valence-electron chi connectivity index (χ0n) is 11.0. The van der Waals surface area contributed by atoms with E-state index in [1.165, 1.54) is 0 Å². The van der Waals surface area contributed by atoms with Crippen LogP contribution in [0.25, 0.3) is 0 Å². The van der Waals surface area contributed by atoms with Gasteiger partial charge < -0.3 is 5.11 Å². The SMILES string of the molecule is CCC1(C(=O)O)CCCN1Cc1ccc(C)cn1. The first-order valence-electron chi connectivity index (χ1n) is 6.48. The van der Waals surface area contributed by atoms with Crippen LogP contribution in [0.5, 0.6) is 0 Å². The number of carboxylic acid groups (broad SMARTS) is 1. The van der Waals surface area contributed by atoms with Gasteiger partial charge in [0.1, 0.15) is 5.54 Å². The van der Waals surface area contributed by atoms with Gasteiger partial charge in [0.25, 0.3) is 0 Å². The number of likely N-dealkylation sites (tertiary alicyclic amines) is 1. The summed E-state index contributed by atoms with van der Waals surface area (Å²) in [6.45, 7) is 5.42. The molecule has 1 N–H and O–H groups in total. The van der Waals surface area contributed by atoms with Gasteiger partial charge in [0.2, 0.25) is 0 Å². The molecule has 1 fully saturated rings. The van der Waals surface area contributed by atoms with E-state index in [2.05, 4.69) is 9.88 Å². The lowest BCUT2D eigenvalue weighted by Gasteiger charge is -2.33. The maximum Gasteiger partial charge on any atom is 0.324 e. The summed E-state index contributed by atoms with van der Waals surface area (Å²) in [5.41, 5.74) is 1.38. The van der Waals surface area contributed by atoms with Gasteiger partial charge in [0, 0.05) is 12.7 Å². The van der Waals surface area contributed by atoms with Crippen molar-refractivity contribution < 1.29 is 9.90 Å². The number of hydrogen-bond donors (Lipinski definition) is 1. The Kier molecular flexibility index (Phi) is 3.66. The second-order valence-corrected chi connectivity index (χ2v) is 5.04. The van der Waals surface area contributed by atoms with Crippen molar-refractivity contribution in [3.05, 3.63) is 29.6 Å². The Morgan fingerprint density at radius 3 is 2.89 bits per heavy atom. The van der Waals surface area contributed by atoms with Crippen LogP contribution in [0.3, 0.4) is 0 Å². The molecule has 1 saturated heterocycles. The van der Waals surface area contributed by atoms with Gasteiger partial charge in [0.05, 0.1) is 5.69 Å². The van der Waals surface area contributed by atoms with Crippen LogP contribution in [0, 0.1) is 6.92 Å². The second kappa shape index (κ2) is 5.06. The van der Waals surface area contributed by atoms with Crippen molar-refractivity contribution in [1.29, 1.82) is 0 Å². The summed E-state index contributed by atoms with van der Waals surface area (Å²) in [6.07, 6.45) is 4.17. The molecule has 1 aliphatic rings. The van der Waals surface area contributed by atoms with Crippen molar-refractivity contribution in [3.8, 4) is 0 Å². The molecule has 2 heterocycles. The molecule has 1 aromatic heterocycles. The molecule has 4 heteroatoms. The summed E-state index contributed by atoms with van der Waals surface area (Å²) >= 11 is 0. The van der Waals surface area contributed by atoms with Gasteiger partial charge in [-0.25, -0.2) is 0 Å². The molecule has 0 amide bonds. The van der Waals surface area contributed by atoms with E-state index >= 15 is 0 Å². The number of rotatable bonds is 4. The number of nitrogens with zero attached hydrogens (tertiary/aromatic N) is 2. The maximum absolute atomic E-state index is 11.5. The maximum atomic E-state index is 11.5. The molecule has 0 saturated carbocycles. The van der Waals surface area contributed by atoms with Crippen molar-refractivity contribution in [1.82, 2.24) is 9.88 Å². The Balaban J connectivity index is 2.17. The standard InChI is InChI=1S/C14H20N2O2/c1-3-14(13(17)18)7-4-8-16(14)10-12-6-5-11(2)9-15-12/h5-6,9H,3-4,7-8,10H2,1-2H3,(H,17,18). The lowest BCUT2D eigenvalue weighted by molar-refractivity contribution is -0.150. The zero-order chi connectivity index (χ0) is 13.2. The van der Waals surface area contributed by atoms with Crippen LogP contribution >= 0.6 is 0 Å². The third kappa shape index (κ3) is 2.25. The summed E-state index contributed by atoms with van der Waals surface area (Å²) < 4.78 is 0. The molecule has 18 heavy (non-hydrogen) atoms. The number of carboxylic acids is 1. The Morgan fingerprint density at radius 2 is 2.33 bits per heavy atom. The van der Waals surface area contributed by atoms with Crippen LogP contribution in [0.1, 0.15) is 37.4 Å². The molecule has 4 nitrogen and oxygen atoms in total. The molecule has 0 aromatic carbocycles. The predicted octanol–water partition coefficient (Wildman–Crippen LogP) is 2.22. The van der Waals surface area contributed by atoms with E-state index < -0.39 is 11.5 Å². The molecule has 1 aliphatic heterocycles. The molecule has 98 valence electrons. The summed E-state index contributed by atoms with van der Waals surface area (Å²) in [7, 11) is 0. The Bertz CT molecular complexity index is 430. The van der Waals surface area contributed by atoms with Crippen LogP contribution in [0.2, 0.25) is 0 Å². The normalized spacial score (nSPS) is 24.3. The highest BCUT2D eigenvalue weighted by Gasteiger charge is 2.45. The smallest absolute Gasteiger partial charge is 0.324 e. The number of hydrogen-bond acceptors (Lipinski definition) is 3. The van der Waals surface area contributed by atoms with Crippen LogP contribution in [0.4, 0.5) is 0 Å². The fourth-order valence-corrected chi connectivity index (χ4v) is 2.75. The Labute approximate surface area is 108 Å². The summed E-state index contributed by atoms with van der Waals surface area (Å²) in [5.74, 6) is -0.699. The molecular formula is C14H20N2O2. The fourth-order valence-electron chi connectivity index (χ4n) is 2.75. The van der Waals surface area contributed by atoms with Gasteiger partial charge in [-0.05, 0) is 44.4 Å². The third-order valence-corrected chi connectivity index (χ3v) is 3.93. The molecule has 1 unspecified atom stereocenters. The highest BCUT2D eigenvalue weighted by molar-refractivity contribution is 5.79. The Morgan fingerprint density at radius 1 is 1.56 bits per heavy atom. The first-order valence-corrected chi connectivity index (χ1v) is 6.48. The van der Waals surface area contributed by atoms with Crippen LogP contribution in [-0.2, 0) is 11.3 Å². The average molecular weight is 248 g/mol. The number of aryl methyl sites for hydroxylation is 1. The van der Waals surface area contributed by atoms with Gasteiger partial charge >= 0.3 is 5.97 Å². The summed E-state index contributed by atoms with van der Waals surface area (Å²) in [6, 6.07) is 4.00. The Hall–Kier alpha value is -1.42. The van der Waals surface area contributed by atoms with Crippen molar-refractivity contribution >= 4 is 5.97 Å². The van der Waals surface area contributed by atoms with Gasteiger partial charge in [0.15, 0.2) is 0 Å². The average Bonchev–Trinajstić information content (AvgIpc) is 2.76. The number of aliphatic carboxylic acids is 1. The lowest BCUT2D eigenvalue weighted by atomic mass is 9.93. The largest absolute Gasteiger partial charge is 0.480 e. The van der Waals surface area contributed by atoms with E-state index in [1.54, 1.807) is 0 Å². The summed E-state index contributed by atoms with van der Waals surface area (Å²) in [5, 5.41) is 9.49. The van der Waals surface area contributed by atoms with E-state index in [0.717, 1.165) is 30.6 Å². The minimum Gasteiger partial charge on any atom is -0.480 e. The minimum absolute atomic E-state index is 0.625. The highest BCUT2D eigenvalue weighted by atomic mass is 16.4. The van der Waals surface area contributed by atoms with Crippen LogP contribution in [0.15, 0.2) is 18.3 Å². The molecular weight excluding hydrogens is 228 g/mol. The molecule has 1 atom stereocenters. The lowest BCUT2D eigenvalue weighted by Crippen LogP contribution is -2.49. The third-order valence-electron chi connectivity index (χ3n) is 3.93. The van der Waals surface area contributed by atoms with E-state index in [4.69, 9.17) is 0 Å². The van der Waals surface area contributed by atoms with E-state index in [-0.39, 0.29) is 0 Å². The molecule has 2 rings (SSSR count). The van der Waals surface area contributed by atoms with E-state index in [0.29, 0.717) is 13.0 Å². The predicted molar refractivity (Wildman–Crippen MR) is 69.3 cm³/mol. The fraction of sp³-hybridized carbons (Fsp3) is 0.571. The molecule has 0 radical (unpaired) electrons. The second-order valence-electron chi connectivity index (χ2n) is 5.04. The molecule has 0 spiro atoms. The first-order chi connectivity index (χ1) is 8.58. The first kappa shape index (κ1) is 13.0. The monoisotopic (exact) mass is 248 g/mol.